The van der Waals surface area contributed by atoms with E-state index < -0.39 is 23.8 Å². The van der Waals surface area contributed by atoms with E-state index in [2.05, 4.69) is 10.6 Å². The van der Waals surface area contributed by atoms with Crippen LogP contribution >= 0.6 is 0 Å². The first-order valence-electron chi connectivity index (χ1n) is 12.0. The number of nitrogens with one attached hydrogen (secondary N) is 2. The quantitative estimate of drug-likeness (QED) is 0.557. The summed E-state index contributed by atoms with van der Waals surface area (Å²) in [7, 11) is 0. The van der Waals surface area contributed by atoms with E-state index in [0.717, 1.165) is 33.5 Å². The van der Waals surface area contributed by atoms with Crippen LogP contribution < -0.4 is 10.6 Å². The van der Waals surface area contributed by atoms with Gasteiger partial charge in [-0.3, -0.25) is 9.59 Å². The molecule has 35 heavy (non-hydrogen) atoms. The predicted octanol–water partition coefficient (Wildman–Crippen LogP) is 5.36. The van der Waals surface area contributed by atoms with Crippen molar-refractivity contribution in [2.45, 2.75) is 80.0 Å². The molecule has 2 rings (SSSR count). The highest BCUT2D eigenvalue weighted by atomic mass is 16.6. The van der Waals surface area contributed by atoms with Crippen LogP contribution in [0.1, 0.15) is 68.5 Å². The van der Waals surface area contributed by atoms with Crippen LogP contribution in [-0.2, 0) is 14.3 Å². The average molecular weight is 482 g/mol. The summed E-state index contributed by atoms with van der Waals surface area (Å²) in [5.41, 5.74) is 4.55. The van der Waals surface area contributed by atoms with Crippen LogP contribution in [0.25, 0.3) is 0 Å². The summed E-state index contributed by atoms with van der Waals surface area (Å²) in [5.74, 6) is -0.684. The predicted molar refractivity (Wildman–Crippen MR) is 139 cm³/mol. The van der Waals surface area contributed by atoms with Crippen molar-refractivity contribution in [2.24, 2.45) is 0 Å². The lowest BCUT2D eigenvalue weighted by molar-refractivity contribution is -0.140. The first-order chi connectivity index (χ1) is 16.2. The van der Waals surface area contributed by atoms with Gasteiger partial charge in [-0.1, -0.05) is 42.0 Å². The Kier molecular flexibility index (Phi) is 9.07. The van der Waals surface area contributed by atoms with E-state index in [1.807, 2.05) is 71.0 Å². The van der Waals surface area contributed by atoms with Crippen LogP contribution in [0.3, 0.4) is 0 Å². The van der Waals surface area contributed by atoms with Gasteiger partial charge in [-0.05, 0) is 84.6 Å². The Balaban J connectivity index is 2.46. The van der Waals surface area contributed by atoms with Gasteiger partial charge >= 0.3 is 6.09 Å². The van der Waals surface area contributed by atoms with Gasteiger partial charge in [0.1, 0.15) is 17.7 Å². The minimum Gasteiger partial charge on any atom is -0.444 e. The number of hydrogen-bond acceptors (Lipinski definition) is 4. The summed E-state index contributed by atoms with van der Waals surface area (Å²) in [5, 5.41) is 5.67. The highest BCUT2D eigenvalue weighted by Crippen LogP contribution is 2.29. The second-order valence-corrected chi connectivity index (χ2v) is 10.0. The summed E-state index contributed by atoms with van der Waals surface area (Å²) in [4.78, 5) is 41.2. The fraction of sp³-hybridized carbons (Fsp3) is 0.464. The number of carbonyl (C=O) groups excluding carboxylic acids is 3. The molecule has 7 heteroatoms. The molecule has 2 N–H and O–H groups in total. The molecule has 0 bridgehead atoms. The van der Waals surface area contributed by atoms with E-state index in [9.17, 15) is 14.4 Å². The van der Waals surface area contributed by atoms with E-state index in [4.69, 9.17) is 4.74 Å². The van der Waals surface area contributed by atoms with E-state index in [-0.39, 0.29) is 18.4 Å². The summed E-state index contributed by atoms with van der Waals surface area (Å²) in [6, 6.07) is 9.91. The molecule has 3 amide bonds. The second kappa shape index (κ2) is 11.4. The number of likely N-dealkylation sites (N-methyl/N-ethyl adjacent to an activating group) is 1. The third-order valence-electron chi connectivity index (χ3n) is 5.75. The zero-order chi connectivity index (χ0) is 26.5. The molecule has 0 saturated carbocycles. The van der Waals surface area contributed by atoms with Gasteiger partial charge in [0.15, 0.2) is 0 Å². The Morgan fingerprint density at radius 2 is 1.57 bits per heavy atom. The van der Waals surface area contributed by atoms with Crippen molar-refractivity contribution in [2.75, 3.05) is 11.9 Å². The molecule has 2 atom stereocenters. The summed E-state index contributed by atoms with van der Waals surface area (Å²) in [6.45, 7) is 16.7. The molecule has 0 fully saturated rings. The molecule has 190 valence electrons. The lowest BCUT2D eigenvalue weighted by atomic mass is 9.96. The molecule has 0 heterocycles. The van der Waals surface area contributed by atoms with Gasteiger partial charge in [0.25, 0.3) is 5.91 Å². The molecule has 7 nitrogen and oxygen atoms in total. The molecule has 0 aliphatic rings. The van der Waals surface area contributed by atoms with Crippen molar-refractivity contribution < 1.29 is 19.1 Å². The molecule has 0 radical (unpaired) electrons. The molecule has 0 aliphatic heterocycles. The smallest absolute Gasteiger partial charge is 0.408 e. The van der Waals surface area contributed by atoms with Gasteiger partial charge in [-0.15, -0.1) is 0 Å². The summed E-state index contributed by atoms with van der Waals surface area (Å²) in [6.07, 6.45) is -0.683. The van der Waals surface area contributed by atoms with Crippen molar-refractivity contribution in [3.8, 4) is 0 Å². The van der Waals surface area contributed by atoms with Crippen molar-refractivity contribution in [3.05, 3.63) is 64.2 Å². The number of para-hydroxylation sites is 1. The molecule has 2 aromatic carbocycles. The normalized spacial score (nSPS) is 12.9. The van der Waals surface area contributed by atoms with E-state index in [0.29, 0.717) is 0 Å². The maximum Gasteiger partial charge on any atom is 0.408 e. The Morgan fingerprint density at radius 1 is 0.971 bits per heavy atom. The van der Waals surface area contributed by atoms with Crippen molar-refractivity contribution in [1.82, 2.24) is 10.2 Å². The number of carbonyl (C=O) groups is 3. The van der Waals surface area contributed by atoms with E-state index >= 15 is 0 Å². The molecular weight excluding hydrogens is 442 g/mol. The third-order valence-corrected chi connectivity index (χ3v) is 5.75. The van der Waals surface area contributed by atoms with E-state index in [1.165, 1.54) is 4.90 Å². The van der Waals surface area contributed by atoms with Crippen LogP contribution in [0.4, 0.5) is 10.5 Å². The van der Waals surface area contributed by atoms with E-state index in [1.54, 1.807) is 27.7 Å². The number of amides is 3. The molecular formula is C28H39N3O4. The first kappa shape index (κ1) is 27.9. The van der Waals surface area contributed by atoms with Gasteiger partial charge in [-0.25, -0.2) is 4.79 Å². The fourth-order valence-electron chi connectivity index (χ4n) is 3.97. The lowest BCUT2D eigenvalue weighted by Crippen LogP contribution is -2.51. The van der Waals surface area contributed by atoms with Gasteiger partial charge in [0.2, 0.25) is 5.91 Å². The Hall–Kier alpha value is -3.35. The Labute approximate surface area is 209 Å². The van der Waals surface area contributed by atoms with Crippen molar-refractivity contribution in [3.63, 3.8) is 0 Å². The van der Waals surface area contributed by atoms with Crippen molar-refractivity contribution in [1.29, 1.82) is 0 Å². The van der Waals surface area contributed by atoms with Crippen LogP contribution in [0, 0.1) is 27.7 Å². The fourth-order valence-corrected chi connectivity index (χ4v) is 3.97. The number of alkyl carbamates (subject to hydrolysis) is 1. The van der Waals surface area contributed by atoms with Crippen LogP contribution in [0.5, 0.6) is 0 Å². The maximum absolute atomic E-state index is 13.8. The first-order valence-corrected chi connectivity index (χ1v) is 12.0. The highest BCUT2D eigenvalue weighted by molar-refractivity contribution is 6.00. The molecule has 2 unspecified atom stereocenters. The number of nitrogens with zero attached hydrogens (tertiary/aromatic N) is 1. The summed E-state index contributed by atoms with van der Waals surface area (Å²) >= 11 is 0. The van der Waals surface area contributed by atoms with Gasteiger partial charge in [0, 0.05) is 12.2 Å². The second-order valence-electron chi connectivity index (χ2n) is 10.0. The minimum atomic E-state index is -0.884. The molecule has 0 saturated heterocycles. The number of benzene rings is 2. The molecule has 0 aliphatic carbocycles. The topological polar surface area (TPSA) is 87.7 Å². The Bertz CT molecular complexity index is 1070. The molecule has 2 aromatic rings. The number of rotatable bonds is 7. The molecule has 0 aromatic heterocycles. The summed E-state index contributed by atoms with van der Waals surface area (Å²) < 4.78 is 5.30. The monoisotopic (exact) mass is 481 g/mol. The van der Waals surface area contributed by atoms with Gasteiger partial charge in [0.05, 0.1) is 0 Å². The number of aryl methyl sites for hydroxylation is 4. The number of anilines is 1. The Morgan fingerprint density at radius 3 is 2.11 bits per heavy atom. The van der Waals surface area contributed by atoms with Crippen molar-refractivity contribution >= 4 is 23.6 Å². The minimum absolute atomic E-state index is 0.275. The standard InChI is InChI=1S/C28H39N3O4/c1-10-31(26(33)21(6)29-27(34)35-28(7,8)9)24(22-16-17(2)14-15-18(22)3)25(32)30-23-19(4)12-11-13-20(23)5/h11-16,21,24H,10H2,1-9H3,(H,29,34)(H,30,32). The highest BCUT2D eigenvalue weighted by Gasteiger charge is 2.35. The van der Waals surface area contributed by atoms with Gasteiger partial charge in [-0.2, -0.15) is 0 Å². The SMILES string of the molecule is CCN(C(=O)C(C)NC(=O)OC(C)(C)C)C(C(=O)Nc1c(C)cccc1C)c1cc(C)ccc1C. The van der Waals surface area contributed by atoms with Gasteiger partial charge < -0.3 is 20.3 Å². The van der Waals surface area contributed by atoms with Crippen LogP contribution in [0.15, 0.2) is 36.4 Å². The maximum atomic E-state index is 13.8. The lowest BCUT2D eigenvalue weighted by Gasteiger charge is -2.34. The average Bonchev–Trinajstić information content (AvgIpc) is 2.74. The number of ether oxygens (including phenoxy) is 1. The third kappa shape index (κ3) is 7.31. The zero-order valence-electron chi connectivity index (χ0n) is 22.4. The van der Waals surface area contributed by atoms with Crippen LogP contribution in [-0.4, -0.2) is 41.0 Å². The number of hydrogen-bond donors (Lipinski definition) is 2. The largest absolute Gasteiger partial charge is 0.444 e. The molecule has 0 spiro atoms. The van der Waals surface area contributed by atoms with Crippen LogP contribution in [0.2, 0.25) is 0 Å². The zero-order valence-corrected chi connectivity index (χ0v) is 22.4.